The lowest BCUT2D eigenvalue weighted by Gasteiger charge is -2.12. The average Bonchev–Trinajstić information content (AvgIpc) is 2.62. The van der Waals surface area contributed by atoms with Gasteiger partial charge in [0.1, 0.15) is 12.1 Å². The molecule has 0 aromatic carbocycles. The van der Waals surface area contributed by atoms with Gasteiger partial charge in [0.2, 0.25) is 5.91 Å². The minimum atomic E-state index is -0.00140. The normalized spacial score (nSPS) is 14.5. The number of anilines is 1. The fourth-order valence-electron chi connectivity index (χ4n) is 2.27. The number of hydrogen-bond donors (Lipinski definition) is 2. The Balaban J connectivity index is 2.06. The Labute approximate surface area is 107 Å². The van der Waals surface area contributed by atoms with Gasteiger partial charge in [0, 0.05) is 17.8 Å². The Kier molecular flexibility index (Phi) is 4.50. The van der Waals surface area contributed by atoms with Gasteiger partial charge in [-0.3, -0.25) is 4.79 Å². The van der Waals surface area contributed by atoms with Crippen LogP contribution in [0.4, 0.5) is 5.82 Å². The molecule has 1 aliphatic rings. The molecule has 0 bridgehead atoms. The van der Waals surface area contributed by atoms with Gasteiger partial charge in [-0.15, -0.1) is 0 Å². The van der Waals surface area contributed by atoms with Crippen molar-refractivity contribution in [3.63, 3.8) is 0 Å². The van der Waals surface area contributed by atoms with E-state index in [2.05, 4.69) is 20.6 Å². The molecule has 1 heterocycles. The summed E-state index contributed by atoms with van der Waals surface area (Å²) >= 11 is 0. The third-order valence-corrected chi connectivity index (χ3v) is 3.17. The zero-order valence-corrected chi connectivity index (χ0v) is 10.8. The molecule has 1 aromatic rings. The lowest BCUT2D eigenvalue weighted by Crippen LogP contribution is -2.30. The first-order chi connectivity index (χ1) is 8.81. The second kappa shape index (κ2) is 6.33. The maximum absolute atomic E-state index is 11.4. The van der Waals surface area contributed by atoms with Crippen molar-refractivity contribution in [1.29, 1.82) is 0 Å². The molecule has 1 aromatic heterocycles. The summed E-state index contributed by atoms with van der Waals surface area (Å²) in [5, 5.41) is 5.89. The molecule has 2 rings (SSSR count). The van der Waals surface area contributed by atoms with Gasteiger partial charge in [0.25, 0.3) is 0 Å². The number of carbonyl (C=O) groups excluding carboxylic acids is 1. The highest BCUT2D eigenvalue weighted by molar-refractivity contribution is 5.80. The van der Waals surface area contributed by atoms with Gasteiger partial charge < -0.3 is 10.6 Å². The quantitative estimate of drug-likeness (QED) is 0.788. The second-order valence-electron chi connectivity index (χ2n) is 4.52. The van der Waals surface area contributed by atoms with E-state index >= 15 is 0 Å². The van der Waals surface area contributed by atoms with Gasteiger partial charge in [-0.2, -0.15) is 0 Å². The second-order valence-corrected chi connectivity index (χ2v) is 4.52. The highest BCUT2D eigenvalue weighted by Gasteiger charge is 2.14. The van der Waals surface area contributed by atoms with E-state index in [4.69, 9.17) is 0 Å². The summed E-state index contributed by atoms with van der Waals surface area (Å²) in [6, 6.07) is 0. The number of rotatable bonds is 4. The minimum absolute atomic E-state index is 0.00140. The Bertz CT molecular complexity index is 419. The Hall–Kier alpha value is -1.65. The molecule has 18 heavy (non-hydrogen) atoms. The lowest BCUT2D eigenvalue weighted by atomic mass is 10.1. The molecular weight excluding hydrogens is 228 g/mol. The summed E-state index contributed by atoms with van der Waals surface area (Å²) in [7, 11) is 0. The van der Waals surface area contributed by atoms with Crippen LogP contribution in [0.2, 0.25) is 0 Å². The van der Waals surface area contributed by atoms with Crippen molar-refractivity contribution in [3.8, 4) is 0 Å². The first-order valence-corrected chi connectivity index (χ1v) is 6.64. The van der Waals surface area contributed by atoms with Gasteiger partial charge >= 0.3 is 0 Å². The number of likely N-dealkylation sites (N-methyl/N-ethyl adjacent to an activating group) is 1. The van der Waals surface area contributed by atoms with Crippen molar-refractivity contribution in [2.45, 2.75) is 39.0 Å². The van der Waals surface area contributed by atoms with Crippen LogP contribution in [0.3, 0.4) is 0 Å². The van der Waals surface area contributed by atoms with Crippen molar-refractivity contribution < 1.29 is 4.79 Å². The number of aromatic nitrogens is 2. The molecule has 0 spiro atoms. The Morgan fingerprint density at radius 1 is 1.28 bits per heavy atom. The fraction of sp³-hybridized carbons (Fsp3) is 0.615. The summed E-state index contributed by atoms with van der Waals surface area (Å²) < 4.78 is 0. The maximum Gasteiger partial charge on any atom is 0.239 e. The van der Waals surface area contributed by atoms with E-state index in [-0.39, 0.29) is 12.5 Å². The first-order valence-electron chi connectivity index (χ1n) is 6.64. The molecule has 0 fully saturated rings. The highest BCUT2D eigenvalue weighted by atomic mass is 16.1. The number of aryl methyl sites for hydroxylation is 1. The first kappa shape index (κ1) is 12.8. The number of nitrogens with one attached hydrogen (secondary N) is 2. The molecule has 0 aliphatic heterocycles. The summed E-state index contributed by atoms with van der Waals surface area (Å²) in [5.41, 5.74) is 2.33. The fourth-order valence-corrected chi connectivity index (χ4v) is 2.27. The third kappa shape index (κ3) is 3.18. The molecule has 1 amide bonds. The molecule has 1 aliphatic carbocycles. The van der Waals surface area contributed by atoms with E-state index in [1.807, 2.05) is 6.92 Å². The summed E-state index contributed by atoms with van der Waals surface area (Å²) in [5.74, 6) is 0.826. The van der Waals surface area contributed by atoms with Crippen LogP contribution in [-0.4, -0.2) is 29.0 Å². The van der Waals surface area contributed by atoms with Crippen molar-refractivity contribution in [2.24, 2.45) is 0 Å². The zero-order chi connectivity index (χ0) is 12.8. The minimum Gasteiger partial charge on any atom is -0.361 e. The smallest absolute Gasteiger partial charge is 0.239 e. The van der Waals surface area contributed by atoms with Crippen molar-refractivity contribution >= 4 is 11.7 Å². The van der Waals surface area contributed by atoms with Gasteiger partial charge in [-0.25, -0.2) is 9.97 Å². The van der Waals surface area contributed by atoms with E-state index in [1.54, 1.807) is 6.33 Å². The third-order valence-electron chi connectivity index (χ3n) is 3.17. The molecule has 0 radical (unpaired) electrons. The molecule has 2 N–H and O–H groups in total. The zero-order valence-electron chi connectivity index (χ0n) is 10.8. The molecule has 5 heteroatoms. The predicted octanol–water partition coefficient (Wildman–Crippen LogP) is 1.29. The SMILES string of the molecule is CCNC(=O)CNc1ncnc2c1CCCCC2. The van der Waals surface area contributed by atoms with Crippen LogP contribution in [-0.2, 0) is 17.6 Å². The number of amides is 1. The highest BCUT2D eigenvalue weighted by Crippen LogP contribution is 2.23. The van der Waals surface area contributed by atoms with Crippen LogP contribution in [0.1, 0.15) is 37.4 Å². The summed E-state index contributed by atoms with van der Waals surface area (Å²) in [6.07, 6.45) is 7.23. The van der Waals surface area contributed by atoms with E-state index in [9.17, 15) is 4.79 Å². The van der Waals surface area contributed by atoms with Crippen LogP contribution >= 0.6 is 0 Å². The van der Waals surface area contributed by atoms with Crippen LogP contribution in [0.25, 0.3) is 0 Å². The molecular formula is C13H20N4O. The molecule has 0 unspecified atom stereocenters. The molecule has 0 atom stereocenters. The monoisotopic (exact) mass is 248 g/mol. The van der Waals surface area contributed by atoms with Crippen LogP contribution < -0.4 is 10.6 Å². The average molecular weight is 248 g/mol. The van der Waals surface area contributed by atoms with Crippen molar-refractivity contribution in [2.75, 3.05) is 18.4 Å². The Morgan fingerprint density at radius 2 is 2.11 bits per heavy atom. The Morgan fingerprint density at radius 3 is 2.94 bits per heavy atom. The predicted molar refractivity (Wildman–Crippen MR) is 70.5 cm³/mol. The van der Waals surface area contributed by atoms with E-state index < -0.39 is 0 Å². The maximum atomic E-state index is 11.4. The molecule has 0 saturated heterocycles. The summed E-state index contributed by atoms with van der Waals surface area (Å²) in [4.78, 5) is 20.1. The van der Waals surface area contributed by atoms with Crippen LogP contribution in [0.15, 0.2) is 6.33 Å². The largest absolute Gasteiger partial charge is 0.361 e. The van der Waals surface area contributed by atoms with Gasteiger partial charge in [0.05, 0.1) is 6.54 Å². The van der Waals surface area contributed by atoms with Gasteiger partial charge in [0.15, 0.2) is 0 Å². The number of carbonyl (C=O) groups is 1. The number of hydrogen-bond acceptors (Lipinski definition) is 4. The molecule has 0 saturated carbocycles. The topological polar surface area (TPSA) is 66.9 Å². The van der Waals surface area contributed by atoms with E-state index in [0.29, 0.717) is 6.54 Å². The summed E-state index contributed by atoms with van der Waals surface area (Å²) in [6.45, 7) is 2.84. The van der Waals surface area contributed by atoms with Crippen LogP contribution in [0.5, 0.6) is 0 Å². The number of nitrogens with zero attached hydrogens (tertiary/aromatic N) is 2. The molecule has 98 valence electrons. The van der Waals surface area contributed by atoms with Crippen molar-refractivity contribution in [1.82, 2.24) is 15.3 Å². The van der Waals surface area contributed by atoms with Crippen LogP contribution in [0, 0.1) is 0 Å². The standard InChI is InChI=1S/C13H20N4O/c1-2-14-12(18)8-15-13-10-6-4-3-5-7-11(10)16-9-17-13/h9H,2-8H2,1H3,(H,14,18)(H,15,16,17). The van der Waals surface area contributed by atoms with Gasteiger partial charge in [-0.1, -0.05) is 6.42 Å². The van der Waals surface area contributed by atoms with Gasteiger partial charge in [-0.05, 0) is 32.6 Å². The molecule has 5 nitrogen and oxygen atoms in total. The van der Waals surface area contributed by atoms with Crippen molar-refractivity contribution in [3.05, 3.63) is 17.6 Å². The number of fused-ring (bicyclic) bond motifs is 1. The lowest BCUT2D eigenvalue weighted by molar-refractivity contribution is -0.119. The van der Waals surface area contributed by atoms with E-state index in [0.717, 1.165) is 24.4 Å². The van der Waals surface area contributed by atoms with E-state index in [1.165, 1.54) is 24.8 Å².